The molecule has 0 radical (unpaired) electrons. The Balaban J connectivity index is 1.62. The molecule has 0 aromatic heterocycles. The molecule has 6 heteroatoms. The van der Waals surface area contributed by atoms with Crippen molar-refractivity contribution in [2.75, 3.05) is 0 Å². The fourth-order valence-electron chi connectivity index (χ4n) is 2.57. The average molecular weight is 400 g/mol. The van der Waals surface area contributed by atoms with E-state index in [9.17, 15) is 13.2 Å². The summed E-state index contributed by atoms with van der Waals surface area (Å²) in [5.74, 6) is -0.327. The molecule has 1 N–H and O–H groups in total. The van der Waals surface area contributed by atoms with Crippen LogP contribution in [0.1, 0.15) is 21.5 Å². The molecule has 3 aromatic rings. The van der Waals surface area contributed by atoms with E-state index in [1.54, 1.807) is 66.7 Å². The second-order valence-corrected chi connectivity index (χ2v) is 8.50. The molecule has 3 aromatic carbocycles. The first-order valence-corrected chi connectivity index (χ1v) is 10.4. The van der Waals surface area contributed by atoms with E-state index in [0.717, 1.165) is 5.56 Å². The van der Waals surface area contributed by atoms with Crippen LogP contribution in [0, 0.1) is 0 Å². The van der Waals surface area contributed by atoms with Crippen LogP contribution in [0.5, 0.6) is 0 Å². The molecule has 0 bridgehead atoms. The van der Waals surface area contributed by atoms with Gasteiger partial charge in [-0.15, -0.1) is 0 Å². The van der Waals surface area contributed by atoms with Gasteiger partial charge in [0.15, 0.2) is 9.84 Å². The molecule has 0 fully saturated rings. The minimum absolute atomic E-state index is 0.107. The fourth-order valence-corrected chi connectivity index (χ4v) is 4.07. The minimum Gasteiger partial charge on any atom is -0.348 e. The van der Waals surface area contributed by atoms with Gasteiger partial charge in [-0.3, -0.25) is 4.79 Å². The summed E-state index contributed by atoms with van der Waals surface area (Å²) in [6.07, 6.45) is 0. The Kier molecular flexibility index (Phi) is 5.94. The van der Waals surface area contributed by atoms with Gasteiger partial charge in [-0.25, -0.2) is 8.42 Å². The maximum Gasteiger partial charge on any atom is 0.251 e. The van der Waals surface area contributed by atoms with Gasteiger partial charge >= 0.3 is 0 Å². The summed E-state index contributed by atoms with van der Waals surface area (Å²) in [4.78, 5) is 12.5. The van der Waals surface area contributed by atoms with E-state index in [2.05, 4.69) is 5.32 Å². The van der Waals surface area contributed by atoms with Crippen LogP contribution in [0.15, 0.2) is 83.8 Å². The van der Waals surface area contributed by atoms with Crippen LogP contribution in [0.25, 0.3) is 0 Å². The van der Waals surface area contributed by atoms with Crippen molar-refractivity contribution in [2.24, 2.45) is 0 Å². The van der Waals surface area contributed by atoms with Crippen molar-refractivity contribution in [3.8, 4) is 0 Å². The maximum absolute atomic E-state index is 12.4. The second-order valence-electron chi connectivity index (χ2n) is 6.08. The molecule has 0 spiro atoms. The lowest BCUT2D eigenvalue weighted by Crippen LogP contribution is -2.22. The van der Waals surface area contributed by atoms with Crippen LogP contribution in [0.3, 0.4) is 0 Å². The first-order valence-electron chi connectivity index (χ1n) is 8.33. The van der Waals surface area contributed by atoms with Gasteiger partial charge in [0.25, 0.3) is 5.91 Å². The Hall–Kier alpha value is -2.63. The molecule has 0 saturated heterocycles. The van der Waals surface area contributed by atoms with Crippen LogP contribution < -0.4 is 5.32 Å². The number of halogens is 1. The third-order valence-corrected chi connectivity index (χ3v) is 6.00. The zero-order chi connectivity index (χ0) is 19.3. The molecule has 0 aliphatic rings. The number of hydrogen-bond acceptors (Lipinski definition) is 3. The third-order valence-electron chi connectivity index (χ3n) is 4.04. The van der Waals surface area contributed by atoms with Crippen molar-refractivity contribution in [3.63, 3.8) is 0 Å². The maximum atomic E-state index is 12.4. The molecule has 0 aliphatic heterocycles. The Bertz CT molecular complexity index is 1020. The number of rotatable bonds is 6. The van der Waals surface area contributed by atoms with Crippen molar-refractivity contribution in [2.45, 2.75) is 17.2 Å². The summed E-state index contributed by atoms with van der Waals surface area (Å²) in [5.41, 5.74) is 2.05. The highest BCUT2D eigenvalue weighted by molar-refractivity contribution is 7.90. The summed E-state index contributed by atoms with van der Waals surface area (Å²) in [6.45, 7) is 0.389. The lowest BCUT2D eigenvalue weighted by Gasteiger charge is -2.08. The van der Waals surface area contributed by atoms with E-state index < -0.39 is 9.84 Å². The monoisotopic (exact) mass is 399 g/mol. The van der Waals surface area contributed by atoms with E-state index in [1.165, 1.54) is 0 Å². The van der Waals surface area contributed by atoms with Crippen LogP contribution >= 0.6 is 11.6 Å². The molecule has 27 heavy (non-hydrogen) atoms. The first-order chi connectivity index (χ1) is 12.9. The smallest absolute Gasteiger partial charge is 0.251 e. The number of benzene rings is 3. The predicted octanol–water partition coefficient (Wildman–Crippen LogP) is 4.24. The Labute approximate surface area is 163 Å². The quantitative estimate of drug-likeness (QED) is 0.674. The van der Waals surface area contributed by atoms with Crippen molar-refractivity contribution >= 4 is 27.3 Å². The van der Waals surface area contributed by atoms with E-state index in [4.69, 9.17) is 11.6 Å². The molecule has 1 amide bonds. The van der Waals surface area contributed by atoms with Gasteiger partial charge < -0.3 is 5.32 Å². The number of carbonyl (C=O) groups excluding carboxylic acids is 1. The predicted molar refractivity (Wildman–Crippen MR) is 106 cm³/mol. The number of sulfone groups is 1. The van der Waals surface area contributed by atoms with Gasteiger partial charge in [-0.2, -0.15) is 0 Å². The van der Waals surface area contributed by atoms with E-state index in [0.29, 0.717) is 22.7 Å². The lowest BCUT2D eigenvalue weighted by molar-refractivity contribution is 0.0951. The van der Waals surface area contributed by atoms with Crippen LogP contribution in [0.2, 0.25) is 5.02 Å². The Morgan fingerprint density at radius 2 is 1.41 bits per heavy atom. The van der Waals surface area contributed by atoms with Gasteiger partial charge in [-0.05, 0) is 47.5 Å². The molecule has 0 heterocycles. The highest BCUT2D eigenvalue weighted by Gasteiger charge is 2.15. The zero-order valence-electron chi connectivity index (χ0n) is 14.4. The highest BCUT2D eigenvalue weighted by Crippen LogP contribution is 2.16. The van der Waals surface area contributed by atoms with Gasteiger partial charge in [0.2, 0.25) is 0 Å². The first kappa shape index (κ1) is 19.1. The molecule has 0 aliphatic carbocycles. The molecular weight excluding hydrogens is 382 g/mol. The van der Waals surface area contributed by atoms with Gasteiger partial charge in [0, 0.05) is 17.1 Å². The molecule has 4 nitrogen and oxygen atoms in total. The lowest BCUT2D eigenvalue weighted by atomic mass is 10.1. The summed E-state index contributed by atoms with van der Waals surface area (Å²) in [6, 6.07) is 22.1. The molecule has 0 unspecified atom stereocenters. The van der Waals surface area contributed by atoms with E-state index in [1.807, 2.05) is 12.1 Å². The summed E-state index contributed by atoms with van der Waals surface area (Å²) < 4.78 is 24.8. The normalized spacial score (nSPS) is 11.1. The standard InChI is InChI=1S/C21H18ClNO3S/c22-19-12-8-16(9-13-19)14-23-21(24)18-10-6-17(7-11-18)15-27(25,26)20-4-2-1-3-5-20/h1-13H,14-15H2,(H,23,24). The van der Waals surface area contributed by atoms with Crippen molar-refractivity contribution in [3.05, 3.63) is 101 Å². The highest BCUT2D eigenvalue weighted by atomic mass is 35.5. The van der Waals surface area contributed by atoms with E-state index in [-0.39, 0.29) is 16.6 Å². The van der Waals surface area contributed by atoms with Gasteiger partial charge in [0.1, 0.15) is 0 Å². The summed E-state index contributed by atoms with van der Waals surface area (Å²) >= 11 is 5.84. The fraction of sp³-hybridized carbons (Fsp3) is 0.0952. The molecular formula is C21H18ClNO3S. The average Bonchev–Trinajstić information content (AvgIpc) is 2.68. The minimum atomic E-state index is -3.41. The Morgan fingerprint density at radius 3 is 2.04 bits per heavy atom. The van der Waals surface area contributed by atoms with Crippen LogP contribution in [-0.4, -0.2) is 14.3 Å². The summed E-state index contributed by atoms with van der Waals surface area (Å²) in [7, 11) is -3.41. The third kappa shape index (κ3) is 5.18. The zero-order valence-corrected chi connectivity index (χ0v) is 16.0. The van der Waals surface area contributed by atoms with Crippen molar-refractivity contribution < 1.29 is 13.2 Å². The van der Waals surface area contributed by atoms with Gasteiger partial charge in [0.05, 0.1) is 10.6 Å². The topological polar surface area (TPSA) is 63.2 Å². The summed E-state index contributed by atoms with van der Waals surface area (Å²) in [5, 5.41) is 3.47. The van der Waals surface area contributed by atoms with Crippen molar-refractivity contribution in [1.29, 1.82) is 0 Å². The van der Waals surface area contributed by atoms with Crippen LogP contribution in [-0.2, 0) is 22.1 Å². The Morgan fingerprint density at radius 1 is 0.815 bits per heavy atom. The second kappa shape index (κ2) is 8.37. The number of hydrogen-bond donors (Lipinski definition) is 1. The largest absolute Gasteiger partial charge is 0.348 e. The number of amides is 1. The van der Waals surface area contributed by atoms with Gasteiger partial charge in [-0.1, -0.05) is 54.1 Å². The molecule has 0 saturated carbocycles. The number of carbonyl (C=O) groups is 1. The van der Waals surface area contributed by atoms with E-state index >= 15 is 0 Å². The molecule has 138 valence electrons. The van der Waals surface area contributed by atoms with Crippen LogP contribution in [0.4, 0.5) is 0 Å². The van der Waals surface area contributed by atoms with Crippen molar-refractivity contribution in [1.82, 2.24) is 5.32 Å². The SMILES string of the molecule is O=C(NCc1ccc(Cl)cc1)c1ccc(CS(=O)(=O)c2ccccc2)cc1. The molecule has 0 atom stereocenters. The number of nitrogens with one attached hydrogen (secondary N) is 1. The molecule has 3 rings (SSSR count).